The number of rotatable bonds is 4. The van der Waals surface area contributed by atoms with E-state index in [1.54, 1.807) is 29.5 Å². The second-order valence-corrected chi connectivity index (χ2v) is 7.82. The Balaban J connectivity index is 1.88. The van der Waals surface area contributed by atoms with Gasteiger partial charge in [-0.15, -0.1) is 11.3 Å². The first kappa shape index (κ1) is 16.2. The van der Waals surface area contributed by atoms with Crippen molar-refractivity contribution < 1.29 is 8.42 Å². The van der Waals surface area contributed by atoms with E-state index < -0.39 is 10.0 Å². The van der Waals surface area contributed by atoms with Crippen LogP contribution >= 0.6 is 11.3 Å². The third-order valence-corrected chi connectivity index (χ3v) is 5.49. The second-order valence-electron chi connectivity index (χ2n) is 5.07. The summed E-state index contributed by atoms with van der Waals surface area (Å²) >= 11 is 1.54. The molecule has 24 heavy (non-hydrogen) atoms. The summed E-state index contributed by atoms with van der Waals surface area (Å²) in [5, 5.41) is 11.7. The lowest BCUT2D eigenvalue weighted by molar-refractivity contribution is 0.601. The summed E-state index contributed by atoms with van der Waals surface area (Å²) in [6.45, 7) is 1.92. The molecule has 3 rings (SSSR count). The van der Waals surface area contributed by atoms with Crippen LogP contribution in [0.1, 0.15) is 10.6 Å². The molecule has 0 spiro atoms. The van der Waals surface area contributed by atoms with E-state index in [1.807, 2.05) is 24.4 Å². The van der Waals surface area contributed by atoms with Gasteiger partial charge in [0.25, 0.3) is 10.0 Å². The Morgan fingerprint density at radius 3 is 2.54 bits per heavy atom. The van der Waals surface area contributed by atoms with Crippen molar-refractivity contribution in [1.29, 1.82) is 5.26 Å². The predicted molar refractivity (Wildman–Crippen MR) is 94.3 cm³/mol. The summed E-state index contributed by atoms with van der Waals surface area (Å²) in [6, 6.07) is 14.8. The molecule has 0 saturated carbocycles. The largest absolute Gasteiger partial charge is 0.280 e. The average molecular weight is 355 g/mol. The number of thiazole rings is 1. The molecule has 0 fully saturated rings. The van der Waals surface area contributed by atoms with Crippen LogP contribution in [0.5, 0.6) is 0 Å². The minimum atomic E-state index is -3.71. The first-order valence-electron chi connectivity index (χ1n) is 7.03. The van der Waals surface area contributed by atoms with Crippen molar-refractivity contribution in [3.05, 3.63) is 64.5 Å². The molecule has 0 bridgehead atoms. The maximum absolute atomic E-state index is 12.4. The highest BCUT2D eigenvalue weighted by atomic mass is 32.2. The summed E-state index contributed by atoms with van der Waals surface area (Å²) in [7, 11) is -3.71. The Bertz CT molecular complexity index is 1020. The molecule has 0 aliphatic carbocycles. The van der Waals surface area contributed by atoms with Gasteiger partial charge in [-0.3, -0.25) is 4.72 Å². The van der Waals surface area contributed by atoms with E-state index in [0.29, 0.717) is 11.3 Å². The van der Waals surface area contributed by atoms with Gasteiger partial charge >= 0.3 is 0 Å². The molecule has 0 unspecified atom stereocenters. The van der Waals surface area contributed by atoms with Crippen LogP contribution in [0.25, 0.3) is 11.3 Å². The van der Waals surface area contributed by atoms with Gasteiger partial charge < -0.3 is 0 Å². The number of nitrogens with one attached hydrogen (secondary N) is 1. The zero-order valence-corrected chi connectivity index (χ0v) is 14.4. The van der Waals surface area contributed by atoms with E-state index in [1.165, 1.54) is 24.3 Å². The van der Waals surface area contributed by atoms with Crippen molar-refractivity contribution in [2.75, 3.05) is 4.72 Å². The van der Waals surface area contributed by atoms with Crippen molar-refractivity contribution in [3.8, 4) is 17.3 Å². The summed E-state index contributed by atoms with van der Waals surface area (Å²) in [4.78, 5) is 4.51. The lowest BCUT2D eigenvalue weighted by atomic mass is 10.1. The molecule has 7 heteroatoms. The van der Waals surface area contributed by atoms with Gasteiger partial charge in [0.05, 0.1) is 27.2 Å². The van der Waals surface area contributed by atoms with E-state index in [4.69, 9.17) is 5.26 Å². The third kappa shape index (κ3) is 3.45. The van der Waals surface area contributed by atoms with Crippen LogP contribution in [0.4, 0.5) is 5.69 Å². The highest BCUT2D eigenvalue weighted by Gasteiger charge is 2.14. The van der Waals surface area contributed by atoms with Crippen LogP contribution in [0.3, 0.4) is 0 Å². The molecule has 2 aromatic carbocycles. The van der Waals surface area contributed by atoms with Crippen molar-refractivity contribution in [2.45, 2.75) is 11.8 Å². The molecule has 0 amide bonds. The number of sulfonamides is 1. The average Bonchev–Trinajstić information content (AvgIpc) is 3.01. The summed E-state index contributed by atoms with van der Waals surface area (Å²) < 4.78 is 27.4. The molecule has 0 aliphatic heterocycles. The second kappa shape index (κ2) is 6.43. The molecule has 0 saturated heterocycles. The molecule has 0 atom stereocenters. The molecule has 0 radical (unpaired) electrons. The molecule has 1 heterocycles. The van der Waals surface area contributed by atoms with E-state index in [9.17, 15) is 8.42 Å². The normalized spacial score (nSPS) is 11.0. The number of nitriles is 1. The lowest BCUT2D eigenvalue weighted by Gasteiger charge is -2.09. The molecular formula is C17H13N3O2S2. The number of aryl methyl sites for hydroxylation is 1. The van der Waals surface area contributed by atoms with Gasteiger partial charge in [0.1, 0.15) is 0 Å². The third-order valence-electron chi connectivity index (χ3n) is 3.32. The van der Waals surface area contributed by atoms with Crippen molar-refractivity contribution in [3.63, 3.8) is 0 Å². The Morgan fingerprint density at radius 1 is 1.17 bits per heavy atom. The summed E-state index contributed by atoms with van der Waals surface area (Å²) in [5.41, 5.74) is 2.54. The number of benzene rings is 2. The van der Waals surface area contributed by atoms with Crippen molar-refractivity contribution in [1.82, 2.24) is 4.98 Å². The standard InChI is InChI=1S/C17H13N3O2S2/c1-12-19-17(11-23-12)14-3-2-4-15(9-14)20-24(21,22)16-7-5-13(10-18)6-8-16/h2-9,11,20H,1H3. The number of aromatic nitrogens is 1. The van der Waals surface area contributed by atoms with Gasteiger partial charge in [0.15, 0.2) is 0 Å². The topological polar surface area (TPSA) is 82.8 Å². The first-order valence-corrected chi connectivity index (χ1v) is 9.40. The smallest absolute Gasteiger partial charge is 0.261 e. The maximum Gasteiger partial charge on any atom is 0.261 e. The van der Waals surface area contributed by atoms with Crippen molar-refractivity contribution in [2.24, 2.45) is 0 Å². The van der Waals surface area contributed by atoms with Crippen LogP contribution in [0.2, 0.25) is 0 Å². The van der Waals surface area contributed by atoms with Gasteiger partial charge in [-0.2, -0.15) is 5.26 Å². The zero-order chi connectivity index (χ0) is 17.2. The molecule has 1 N–H and O–H groups in total. The monoisotopic (exact) mass is 355 g/mol. The quantitative estimate of drug-likeness (QED) is 0.772. The molecule has 3 aromatic rings. The van der Waals surface area contributed by atoms with Crippen LogP contribution in [-0.2, 0) is 10.0 Å². The number of hydrogen-bond donors (Lipinski definition) is 1. The Kier molecular flexibility index (Phi) is 4.34. The molecule has 0 aliphatic rings. The molecule has 1 aromatic heterocycles. The fourth-order valence-corrected chi connectivity index (χ4v) is 3.83. The van der Waals surface area contributed by atoms with Crippen LogP contribution < -0.4 is 4.72 Å². The number of hydrogen-bond acceptors (Lipinski definition) is 5. The SMILES string of the molecule is Cc1nc(-c2cccc(NS(=O)(=O)c3ccc(C#N)cc3)c2)cs1. The first-order chi connectivity index (χ1) is 11.5. The minimum absolute atomic E-state index is 0.108. The lowest BCUT2D eigenvalue weighted by Crippen LogP contribution is -2.12. The Hall–Kier alpha value is -2.69. The van der Waals surface area contributed by atoms with Crippen molar-refractivity contribution >= 4 is 27.0 Å². The van der Waals surface area contributed by atoms with Gasteiger partial charge in [-0.1, -0.05) is 12.1 Å². The van der Waals surface area contributed by atoms with Crippen LogP contribution in [0, 0.1) is 18.3 Å². The molecular weight excluding hydrogens is 342 g/mol. The predicted octanol–water partition coefficient (Wildman–Crippen LogP) is 3.79. The fourth-order valence-electron chi connectivity index (χ4n) is 2.16. The molecule has 120 valence electrons. The highest BCUT2D eigenvalue weighted by Crippen LogP contribution is 2.25. The Labute approximate surface area is 144 Å². The van der Waals surface area contributed by atoms with E-state index >= 15 is 0 Å². The Morgan fingerprint density at radius 2 is 1.92 bits per heavy atom. The fraction of sp³-hybridized carbons (Fsp3) is 0.0588. The van der Waals surface area contributed by atoms with E-state index in [0.717, 1.165) is 16.3 Å². The number of anilines is 1. The minimum Gasteiger partial charge on any atom is -0.280 e. The van der Waals surface area contributed by atoms with Crippen LogP contribution in [-0.4, -0.2) is 13.4 Å². The van der Waals surface area contributed by atoms with Gasteiger partial charge in [-0.05, 0) is 43.3 Å². The van der Waals surface area contributed by atoms with E-state index in [-0.39, 0.29) is 4.90 Å². The molecule has 5 nitrogen and oxygen atoms in total. The van der Waals surface area contributed by atoms with Gasteiger partial charge in [0.2, 0.25) is 0 Å². The zero-order valence-electron chi connectivity index (χ0n) is 12.7. The number of nitrogens with zero attached hydrogens (tertiary/aromatic N) is 2. The van der Waals surface area contributed by atoms with Gasteiger partial charge in [0, 0.05) is 16.6 Å². The maximum atomic E-state index is 12.4. The summed E-state index contributed by atoms with van der Waals surface area (Å²) in [5.74, 6) is 0. The van der Waals surface area contributed by atoms with E-state index in [2.05, 4.69) is 9.71 Å². The van der Waals surface area contributed by atoms with Crippen LogP contribution in [0.15, 0.2) is 58.8 Å². The van der Waals surface area contributed by atoms with Gasteiger partial charge in [-0.25, -0.2) is 13.4 Å². The highest BCUT2D eigenvalue weighted by molar-refractivity contribution is 7.92. The summed E-state index contributed by atoms with van der Waals surface area (Å²) in [6.07, 6.45) is 0.